The van der Waals surface area contributed by atoms with Gasteiger partial charge in [-0.05, 0) is 34.4 Å². The number of rotatable bonds is 4. The molecule has 1 rings (SSSR count). The first-order valence-corrected chi connectivity index (χ1v) is 8.82. The van der Waals surface area contributed by atoms with Crippen LogP contribution in [0.25, 0.3) is 0 Å². The maximum atomic E-state index is 11.2. The van der Waals surface area contributed by atoms with E-state index in [2.05, 4.69) is 48.5 Å². The Hall–Kier alpha value is -0.310. The molecule has 0 saturated carbocycles. The highest BCUT2D eigenvalue weighted by Gasteiger charge is 2.20. The molecular weight excluding hydrogens is 365 g/mol. The summed E-state index contributed by atoms with van der Waals surface area (Å²) in [5.74, 6) is 0.614. The lowest BCUT2D eigenvalue weighted by molar-refractivity contribution is 0.403. The Balaban J connectivity index is 2.92. The third-order valence-corrected chi connectivity index (χ3v) is 4.47. The summed E-state index contributed by atoms with van der Waals surface area (Å²) in [4.78, 5) is 0. The van der Waals surface area contributed by atoms with Gasteiger partial charge in [0.25, 0.3) is 0 Å². The summed E-state index contributed by atoms with van der Waals surface area (Å²) in [6.45, 7) is 6.71. The van der Waals surface area contributed by atoms with Gasteiger partial charge in [0.2, 0.25) is 0 Å². The van der Waals surface area contributed by atoms with Gasteiger partial charge in [0.05, 0.1) is 21.6 Å². The van der Waals surface area contributed by atoms with E-state index >= 15 is 0 Å². The van der Waals surface area contributed by atoms with E-state index in [0.29, 0.717) is 12.4 Å². The van der Waals surface area contributed by atoms with Gasteiger partial charge in [0.15, 0.2) is 0 Å². The van der Waals surface area contributed by atoms with E-state index in [1.807, 2.05) is 0 Å². The predicted octanol–water partition coefficient (Wildman–Crippen LogP) is 1.70. The molecular formula is C11H20IN3O2S. The smallest absolute Gasteiger partial charge is 0.149 e. The summed E-state index contributed by atoms with van der Waals surface area (Å²) in [6, 6.07) is 0. The van der Waals surface area contributed by atoms with Gasteiger partial charge in [-0.3, -0.25) is 0 Å². The minimum absolute atomic E-state index is 0.0594. The molecule has 0 unspecified atom stereocenters. The predicted molar refractivity (Wildman–Crippen MR) is 82.2 cm³/mol. The standard InChI is InChI=1S/C11H20IN3O2S/c1-11(2,3)7-8-9(12)10(13)15(14-8)5-6-18(4,16)17/h5-7,13H2,1-4H3. The highest BCUT2D eigenvalue weighted by Crippen LogP contribution is 2.26. The Morgan fingerprint density at radius 1 is 1.39 bits per heavy atom. The fraction of sp³-hybridized carbons (Fsp3) is 0.727. The quantitative estimate of drug-likeness (QED) is 0.801. The van der Waals surface area contributed by atoms with Gasteiger partial charge in [-0.1, -0.05) is 20.8 Å². The largest absolute Gasteiger partial charge is 0.383 e. The molecule has 104 valence electrons. The zero-order valence-corrected chi connectivity index (χ0v) is 14.2. The summed E-state index contributed by atoms with van der Waals surface area (Å²) in [7, 11) is -3.00. The molecule has 0 radical (unpaired) electrons. The molecule has 0 aliphatic rings. The van der Waals surface area contributed by atoms with Gasteiger partial charge in [-0.15, -0.1) is 0 Å². The van der Waals surface area contributed by atoms with Crippen LogP contribution in [0.1, 0.15) is 26.5 Å². The van der Waals surface area contributed by atoms with E-state index in [1.165, 1.54) is 6.26 Å². The van der Waals surface area contributed by atoms with Crippen molar-refractivity contribution in [3.63, 3.8) is 0 Å². The van der Waals surface area contributed by atoms with Crippen LogP contribution < -0.4 is 5.73 Å². The van der Waals surface area contributed by atoms with Crippen LogP contribution >= 0.6 is 22.6 Å². The lowest BCUT2D eigenvalue weighted by atomic mass is 9.91. The van der Waals surface area contributed by atoms with Gasteiger partial charge in [-0.25, -0.2) is 13.1 Å². The van der Waals surface area contributed by atoms with Gasteiger partial charge in [0, 0.05) is 6.26 Å². The lowest BCUT2D eigenvalue weighted by Gasteiger charge is -2.16. The Morgan fingerprint density at radius 3 is 2.39 bits per heavy atom. The number of nitrogens with two attached hydrogens (primary N) is 1. The van der Waals surface area contributed by atoms with Crippen molar-refractivity contribution in [1.82, 2.24) is 9.78 Å². The summed E-state index contributed by atoms with van der Waals surface area (Å²) in [5, 5.41) is 4.42. The molecule has 18 heavy (non-hydrogen) atoms. The normalized spacial score (nSPS) is 12.9. The number of aryl methyl sites for hydroxylation is 1. The molecule has 0 amide bonds. The summed E-state index contributed by atoms with van der Waals surface area (Å²) in [6.07, 6.45) is 2.04. The first-order chi connectivity index (χ1) is 7.99. The number of hydrogen-bond acceptors (Lipinski definition) is 4. The van der Waals surface area contributed by atoms with Crippen LogP contribution in [-0.4, -0.2) is 30.2 Å². The van der Waals surface area contributed by atoms with Crippen molar-refractivity contribution in [3.8, 4) is 0 Å². The van der Waals surface area contributed by atoms with Crippen LogP contribution in [0.2, 0.25) is 0 Å². The average molecular weight is 385 g/mol. The van der Waals surface area contributed by atoms with Crippen LogP contribution in [0.15, 0.2) is 0 Å². The molecule has 0 atom stereocenters. The molecule has 0 fully saturated rings. The average Bonchev–Trinajstić information content (AvgIpc) is 2.40. The molecule has 1 aromatic rings. The fourth-order valence-electron chi connectivity index (χ4n) is 1.54. The van der Waals surface area contributed by atoms with Crippen molar-refractivity contribution in [2.75, 3.05) is 17.7 Å². The third-order valence-electron chi connectivity index (χ3n) is 2.37. The summed E-state index contributed by atoms with van der Waals surface area (Å²) < 4.78 is 24.8. The zero-order valence-electron chi connectivity index (χ0n) is 11.2. The minimum atomic E-state index is -3.00. The first-order valence-electron chi connectivity index (χ1n) is 5.68. The SMILES string of the molecule is CC(C)(C)Cc1nn(CCS(C)(=O)=O)c(N)c1I. The second-order valence-corrected chi connectivity index (χ2v) is 9.07. The molecule has 0 aromatic carbocycles. The molecule has 0 spiro atoms. The molecule has 0 aliphatic carbocycles. The molecule has 1 aromatic heterocycles. The van der Waals surface area contributed by atoms with Crippen molar-refractivity contribution < 1.29 is 8.42 Å². The van der Waals surface area contributed by atoms with E-state index < -0.39 is 9.84 Å². The highest BCUT2D eigenvalue weighted by atomic mass is 127. The van der Waals surface area contributed by atoms with Crippen LogP contribution in [0.5, 0.6) is 0 Å². The van der Waals surface area contributed by atoms with Crippen molar-refractivity contribution in [3.05, 3.63) is 9.26 Å². The van der Waals surface area contributed by atoms with E-state index in [9.17, 15) is 8.42 Å². The van der Waals surface area contributed by atoms with Crippen LogP contribution in [0.3, 0.4) is 0 Å². The van der Waals surface area contributed by atoms with E-state index in [0.717, 1.165) is 15.7 Å². The van der Waals surface area contributed by atoms with Gasteiger partial charge < -0.3 is 5.73 Å². The van der Waals surface area contributed by atoms with Crippen LogP contribution in [0.4, 0.5) is 5.82 Å². The van der Waals surface area contributed by atoms with Gasteiger partial charge in [0.1, 0.15) is 15.7 Å². The second-order valence-electron chi connectivity index (χ2n) is 5.74. The first kappa shape index (κ1) is 15.7. The van der Waals surface area contributed by atoms with Crippen LogP contribution in [0, 0.1) is 8.99 Å². The molecule has 1 heterocycles. The Morgan fingerprint density at radius 2 is 1.94 bits per heavy atom. The van der Waals surface area contributed by atoms with Crippen molar-refractivity contribution in [1.29, 1.82) is 0 Å². The van der Waals surface area contributed by atoms with Crippen molar-refractivity contribution >= 4 is 38.2 Å². The Bertz CT molecular complexity index is 529. The molecule has 0 bridgehead atoms. The van der Waals surface area contributed by atoms with Crippen LogP contribution in [-0.2, 0) is 22.8 Å². The maximum absolute atomic E-state index is 11.2. The maximum Gasteiger partial charge on any atom is 0.149 e. The van der Waals surface area contributed by atoms with Crippen molar-refractivity contribution in [2.45, 2.75) is 33.7 Å². The topological polar surface area (TPSA) is 78.0 Å². The minimum Gasteiger partial charge on any atom is -0.383 e. The fourth-order valence-corrected chi connectivity index (χ4v) is 2.62. The number of anilines is 1. The molecule has 0 saturated heterocycles. The molecule has 7 heteroatoms. The molecule has 2 N–H and O–H groups in total. The molecule has 0 aliphatic heterocycles. The zero-order chi connectivity index (χ0) is 14.1. The van der Waals surface area contributed by atoms with Gasteiger partial charge in [-0.2, -0.15) is 5.10 Å². The number of nitrogen functional groups attached to an aromatic ring is 1. The lowest BCUT2D eigenvalue weighted by Crippen LogP contribution is -2.15. The molecule has 5 nitrogen and oxygen atoms in total. The highest BCUT2D eigenvalue weighted by molar-refractivity contribution is 14.1. The third kappa shape index (κ3) is 4.75. The van der Waals surface area contributed by atoms with Gasteiger partial charge >= 0.3 is 0 Å². The number of nitrogens with zero attached hydrogens (tertiary/aromatic N) is 2. The van der Waals surface area contributed by atoms with Crippen molar-refractivity contribution in [2.24, 2.45) is 5.41 Å². The monoisotopic (exact) mass is 385 g/mol. The van der Waals surface area contributed by atoms with E-state index in [4.69, 9.17) is 5.73 Å². The number of sulfone groups is 1. The summed E-state index contributed by atoms with van der Waals surface area (Å²) >= 11 is 2.17. The van der Waals surface area contributed by atoms with E-state index in [1.54, 1.807) is 4.68 Å². The number of halogens is 1. The van der Waals surface area contributed by atoms with E-state index in [-0.39, 0.29) is 11.2 Å². The number of hydrogen-bond donors (Lipinski definition) is 1. The second kappa shape index (κ2) is 5.36. The Kier molecular flexibility index (Phi) is 4.69. The number of aromatic nitrogens is 2. The summed E-state index contributed by atoms with van der Waals surface area (Å²) in [5.41, 5.74) is 7.02. The Labute approximate surface area is 122 Å².